The van der Waals surface area contributed by atoms with Crippen LogP contribution in [-0.2, 0) is 23.1 Å². The first-order chi connectivity index (χ1) is 9.17. The van der Waals surface area contributed by atoms with Gasteiger partial charge in [-0.15, -0.1) is 5.10 Å². The summed E-state index contributed by atoms with van der Waals surface area (Å²) >= 11 is 0. The van der Waals surface area contributed by atoms with Gasteiger partial charge in [0.15, 0.2) is 11.9 Å². The van der Waals surface area contributed by atoms with E-state index in [1.54, 1.807) is 7.05 Å². The van der Waals surface area contributed by atoms with Gasteiger partial charge in [0.1, 0.15) is 5.39 Å². The van der Waals surface area contributed by atoms with E-state index in [-0.39, 0.29) is 12.1 Å². The quantitative estimate of drug-likeness (QED) is 0.681. The zero-order valence-corrected chi connectivity index (χ0v) is 11.2. The number of rotatable bonds is 6. The molecule has 0 fully saturated rings. The van der Waals surface area contributed by atoms with E-state index < -0.39 is 6.29 Å². The topological polar surface area (TPSA) is 84.1 Å². The number of hydrogen-bond acceptors (Lipinski definition) is 6. The molecule has 0 aromatic carbocycles. The highest BCUT2D eigenvalue weighted by Crippen LogP contribution is 2.03. The van der Waals surface area contributed by atoms with Crippen molar-refractivity contribution in [1.82, 2.24) is 24.8 Å². The van der Waals surface area contributed by atoms with E-state index in [0.29, 0.717) is 24.2 Å². The molecule has 104 valence electrons. The molecule has 0 bridgehead atoms. The summed E-state index contributed by atoms with van der Waals surface area (Å²) in [4.78, 5) is 12.2. The van der Waals surface area contributed by atoms with Crippen LogP contribution in [0.3, 0.4) is 0 Å². The molecule has 0 spiro atoms. The van der Waals surface area contributed by atoms with Crippen LogP contribution >= 0.6 is 0 Å². The molecule has 2 heterocycles. The Hall–Kier alpha value is -1.80. The van der Waals surface area contributed by atoms with Gasteiger partial charge in [-0.25, -0.2) is 9.36 Å². The maximum Gasteiger partial charge on any atom is 0.281 e. The SMILES string of the molecule is CCOC(Cn1nnc2c(cnn2C)c1=O)OCC. The lowest BCUT2D eigenvalue weighted by Gasteiger charge is -2.16. The fourth-order valence-electron chi connectivity index (χ4n) is 1.76. The molecular formula is C11H17N5O3. The molecule has 0 saturated heterocycles. The maximum absolute atomic E-state index is 12.2. The zero-order chi connectivity index (χ0) is 13.8. The molecule has 0 aliphatic carbocycles. The van der Waals surface area contributed by atoms with Crippen molar-refractivity contribution < 1.29 is 9.47 Å². The van der Waals surface area contributed by atoms with Gasteiger partial charge < -0.3 is 9.47 Å². The second-order valence-corrected chi connectivity index (χ2v) is 3.92. The lowest BCUT2D eigenvalue weighted by atomic mass is 10.4. The summed E-state index contributed by atoms with van der Waals surface area (Å²) < 4.78 is 13.5. The number of ether oxygens (including phenoxy) is 2. The Kier molecular flexibility index (Phi) is 4.23. The normalized spacial score (nSPS) is 11.6. The average molecular weight is 267 g/mol. The van der Waals surface area contributed by atoms with Crippen LogP contribution in [0.15, 0.2) is 11.0 Å². The molecule has 0 amide bonds. The van der Waals surface area contributed by atoms with Crippen LogP contribution in [0.25, 0.3) is 11.0 Å². The molecule has 8 nitrogen and oxygen atoms in total. The summed E-state index contributed by atoms with van der Waals surface area (Å²) in [6.07, 6.45) is 0.982. The molecule has 0 N–H and O–H groups in total. The largest absolute Gasteiger partial charge is 0.351 e. The first-order valence-corrected chi connectivity index (χ1v) is 6.16. The van der Waals surface area contributed by atoms with Crippen LogP contribution in [-0.4, -0.2) is 44.3 Å². The van der Waals surface area contributed by atoms with Crippen molar-refractivity contribution in [3.63, 3.8) is 0 Å². The van der Waals surface area contributed by atoms with Crippen molar-refractivity contribution in [2.45, 2.75) is 26.7 Å². The Morgan fingerprint density at radius 1 is 1.32 bits per heavy atom. The van der Waals surface area contributed by atoms with E-state index in [2.05, 4.69) is 15.4 Å². The molecule has 19 heavy (non-hydrogen) atoms. The molecule has 0 aliphatic heterocycles. The van der Waals surface area contributed by atoms with Crippen LogP contribution in [0.4, 0.5) is 0 Å². The van der Waals surface area contributed by atoms with Crippen LogP contribution < -0.4 is 5.56 Å². The molecule has 0 saturated carbocycles. The summed E-state index contributed by atoms with van der Waals surface area (Å²) in [7, 11) is 1.71. The predicted molar refractivity (Wildman–Crippen MR) is 67.6 cm³/mol. The number of aryl methyl sites for hydroxylation is 1. The molecule has 2 rings (SSSR count). The highest BCUT2D eigenvalue weighted by Gasteiger charge is 2.14. The number of aromatic nitrogens is 5. The van der Waals surface area contributed by atoms with Gasteiger partial charge in [0, 0.05) is 20.3 Å². The lowest BCUT2D eigenvalue weighted by Crippen LogP contribution is -2.32. The minimum absolute atomic E-state index is 0.207. The summed E-state index contributed by atoms with van der Waals surface area (Å²) in [6, 6.07) is 0. The van der Waals surface area contributed by atoms with Gasteiger partial charge in [0.05, 0.1) is 12.7 Å². The van der Waals surface area contributed by atoms with Crippen molar-refractivity contribution in [1.29, 1.82) is 0 Å². The monoisotopic (exact) mass is 267 g/mol. The third kappa shape index (κ3) is 2.79. The molecule has 2 aromatic rings. The van der Waals surface area contributed by atoms with E-state index in [9.17, 15) is 4.79 Å². The van der Waals surface area contributed by atoms with Gasteiger partial charge >= 0.3 is 0 Å². The smallest absolute Gasteiger partial charge is 0.281 e. The second-order valence-electron chi connectivity index (χ2n) is 3.92. The van der Waals surface area contributed by atoms with Gasteiger partial charge in [0.25, 0.3) is 5.56 Å². The van der Waals surface area contributed by atoms with Gasteiger partial charge in [-0.3, -0.25) is 4.79 Å². The van der Waals surface area contributed by atoms with Crippen molar-refractivity contribution >= 4 is 11.0 Å². The van der Waals surface area contributed by atoms with E-state index in [4.69, 9.17) is 9.47 Å². The van der Waals surface area contributed by atoms with E-state index in [1.807, 2.05) is 13.8 Å². The maximum atomic E-state index is 12.2. The van der Waals surface area contributed by atoms with Crippen molar-refractivity contribution in [2.24, 2.45) is 7.05 Å². The lowest BCUT2D eigenvalue weighted by molar-refractivity contribution is -0.145. The van der Waals surface area contributed by atoms with Crippen LogP contribution in [0.5, 0.6) is 0 Å². The Balaban J connectivity index is 2.29. The molecule has 0 aliphatic rings. The standard InChI is InChI=1S/C11H17N5O3/c1-4-18-9(19-5-2)7-16-11(17)8-6-12-15(3)10(8)13-14-16/h6,9H,4-5,7H2,1-3H3. The minimum Gasteiger partial charge on any atom is -0.351 e. The predicted octanol–water partition coefficient (Wildman–Crippen LogP) is -0.0759. The van der Waals surface area contributed by atoms with Crippen molar-refractivity contribution in [2.75, 3.05) is 13.2 Å². The highest BCUT2D eigenvalue weighted by atomic mass is 16.7. The van der Waals surface area contributed by atoms with Crippen LogP contribution in [0.1, 0.15) is 13.8 Å². The first-order valence-electron chi connectivity index (χ1n) is 6.16. The Labute approximate surface area is 109 Å². The number of fused-ring (bicyclic) bond motifs is 1. The van der Waals surface area contributed by atoms with Gasteiger partial charge in [0.2, 0.25) is 0 Å². The summed E-state index contributed by atoms with van der Waals surface area (Å²) in [6.45, 7) is 4.94. The fraction of sp³-hybridized carbons (Fsp3) is 0.636. The molecule has 8 heteroatoms. The summed E-state index contributed by atoms with van der Waals surface area (Å²) in [5, 5.41) is 12.3. The third-order valence-corrected chi connectivity index (χ3v) is 2.65. The average Bonchev–Trinajstić information content (AvgIpc) is 2.76. The number of hydrogen-bond donors (Lipinski definition) is 0. The molecular weight excluding hydrogens is 250 g/mol. The minimum atomic E-state index is -0.504. The van der Waals surface area contributed by atoms with Gasteiger partial charge in [-0.2, -0.15) is 5.10 Å². The highest BCUT2D eigenvalue weighted by molar-refractivity contribution is 5.72. The second kappa shape index (κ2) is 5.89. The van der Waals surface area contributed by atoms with Gasteiger partial charge in [-0.1, -0.05) is 5.21 Å². The summed E-state index contributed by atoms with van der Waals surface area (Å²) in [5.74, 6) is 0. The first kappa shape index (κ1) is 13.6. The van der Waals surface area contributed by atoms with E-state index >= 15 is 0 Å². The number of nitrogens with zero attached hydrogens (tertiary/aromatic N) is 5. The Morgan fingerprint density at radius 2 is 2.00 bits per heavy atom. The summed E-state index contributed by atoms with van der Waals surface area (Å²) in [5.41, 5.74) is 0.216. The molecule has 0 radical (unpaired) electrons. The third-order valence-electron chi connectivity index (χ3n) is 2.65. The Morgan fingerprint density at radius 3 is 2.63 bits per heavy atom. The molecule has 2 aromatic heterocycles. The van der Waals surface area contributed by atoms with Crippen molar-refractivity contribution in [3.8, 4) is 0 Å². The zero-order valence-electron chi connectivity index (χ0n) is 11.2. The fourth-order valence-corrected chi connectivity index (χ4v) is 1.76. The van der Waals surface area contributed by atoms with Gasteiger partial charge in [-0.05, 0) is 13.8 Å². The van der Waals surface area contributed by atoms with E-state index in [0.717, 1.165) is 0 Å². The molecule has 0 unspecified atom stereocenters. The van der Waals surface area contributed by atoms with Crippen LogP contribution in [0.2, 0.25) is 0 Å². The Bertz CT molecular complexity index is 600. The van der Waals surface area contributed by atoms with Crippen molar-refractivity contribution in [3.05, 3.63) is 16.6 Å². The molecule has 0 atom stereocenters. The van der Waals surface area contributed by atoms with Crippen LogP contribution in [0, 0.1) is 0 Å². The van der Waals surface area contributed by atoms with E-state index in [1.165, 1.54) is 15.6 Å².